The minimum atomic E-state index is -0.808. The van der Waals surface area contributed by atoms with E-state index in [-0.39, 0.29) is 17.8 Å². The van der Waals surface area contributed by atoms with Gasteiger partial charge in [-0.05, 0) is 37.3 Å². The van der Waals surface area contributed by atoms with Crippen LogP contribution < -0.4 is 16.4 Å². The van der Waals surface area contributed by atoms with Gasteiger partial charge in [-0.1, -0.05) is 13.8 Å². The Balaban J connectivity index is 2.13. The topological polar surface area (TPSA) is 130 Å². The van der Waals surface area contributed by atoms with Gasteiger partial charge < -0.3 is 16.0 Å². The van der Waals surface area contributed by atoms with Crippen molar-refractivity contribution >= 4 is 23.8 Å². The first-order valence-electron chi connectivity index (χ1n) is 9.01. The van der Waals surface area contributed by atoms with Gasteiger partial charge >= 0.3 is 6.03 Å². The molecule has 1 aliphatic rings. The lowest BCUT2D eigenvalue weighted by Crippen LogP contribution is -2.47. The summed E-state index contributed by atoms with van der Waals surface area (Å²) in [6, 6.07) is 1.62. The van der Waals surface area contributed by atoms with Crippen LogP contribution in [0.3, 0.4) is 0 Å². The molecule has 1 aliphatic heterocycles. The monoisotopic (exact) mass is 374 g/mol. The van der Waals surface area contributed by atoms with Crippen molar-refractivity contribution in [1.29, 1.82) is 0 Å². The van der Waals surface area contributed by atoms with E-state index in [9.17, 15) is 14.4 Å². The number of guanidine groups is 1. The molecule has 0 aliphatic carbocycles. The molecule has 1 aromatic heterocycles. The van der Waals surface area contributed by atoms with Crippen LogP contribution >= 0.6 is 0 Å². The van der Waals surface area contributed by atoms with E-state index in [1.54, 1.807) is 12.1 Å². The number of rotatable bonds is 5. The third-order valence-electron chi connectivity index (χ3n) is 4.13. The van der Waals surface area contributed by atoms with Crippen molar-refractivity contribution in [3.8, 4) is 0 Å². The van der Waals surface area contributed by atoms with Crippen molar-refractivity contribution in [3.05, 3.63) is 30.1 Å². The lowest BCUT2D eigenvalue weighted by atomic mass is 10.0. The van der Waals surface area contributed by atoms with Crippen LogP contribution in [0, 0.1) is 5.92 Å². The Labute approximate surface area is 158 Å². The number of amides is 4. The SMILES string of the molecule is CC(C)C[C@H](NC(=O)/N=C(/NC(=O)c1ccncc1)N1CCCC1)C(N)=O. The van der Waals surface area contributed by atoms with Crippen LogP contribution in [-0.4, -0.2) is 52.8 Å². The third-order valence-corrected chi connectivity index (χ3v) is 4.13. The van der Waals surface area contributed by atoms with Gasteiger partial charge in [-0.15, -0.1) is 0 Å². The van der Waals surface area contributed by atoms with Crippen molar-refractivity contribution in [2.24, 2.45) is 16.6 Å². The summed E-state index contributed by atoms with van der Waals surface area (Å²) < 4.78 is 0. The molecule has 2 heterocycles. The average molecular weight is 374 g/mol. The predicted molar refractivity (Wildman–Crippen MR) is 101 cm³/mol. The van der Waals surface area contributed by atoms with Gasteiger partial charge in [-0.2, -0.15) is 4.99 Å². The third kappa shape index (κ3) is 6.36. The second-order valence-corrected chi connectivity index (χ2v) is 6.85. The molecule has 0 aromatic carbocycles. The molecule has 0 bridgehead atoms. The standard InChI is InChI=1S/C18H26N6O3/c1-12(2)11-14(15(19)25)21-18(27)23-17(24-9-3-4-10-24)22-16(26)13-5-7-20-8-6-13/h5-8,12,14H,3-4,9-11H2,1-2H3,(H2,19,25)(H2,21,22,23,26,27)/t14-/m0/s1. The molecule has 2 rings (SSSR count). The minimum absolute atomic E-state index is 0.166. The summed E-state index contributed by atoms with van der Waals surface area (Å²) in [6.07, 6.45) is 5.33. The molecule has 0 spiro atoms. The van der Waals surface area contributed by atoms with Crippen molar-refractivity contribution in [2.75, 3.05) is 13.1 Å². The Morgan fingerprint density at radius 3 is 2.41 bits per heavy atom. The van der Waals surface area contributed by atoms with E-state index in [4.69, 9.17) is 5.73 Å². The van der Waals surface area contributed by atoms with Gasteiger partial charge in [0.15, 0.2) is 0 Å². The first-order valence-corrected chi connectivity index (χ1v) is 9.01. The molecule has 1 saturated heterocycles. The van der Waals surface area contributed by atoms with E-state index in [0.717, 1.165) is 12.8 Å². The molecule has 9 heteroatoms. The van der Waals surface area contributed by atoms with E-state index >= 15 is 0 Å². The van der Waals surface area contributed by atoms with Gasteiger partial charge in [0, 0.05) is 31.0 Å². The number of primary amides is 1. The summed E-state index contributed by atoms with van der Waals surface area (Å²) in [7, 11) is 0. The van der Waals surface area contributed by atoms with Crippen molar-refractivity contribution in [3.63, 3.8) is 0 Å². The number of nitrogens with two attached hydrogens (primary N) is 1. The summed E-state index contributed by atoms with van der Waals surface area (Å²) in [5, 5.41) is 5.21. The van der Waals surface area contributed by atoms with Crippen LogP contribution in [0.4, 0.5) is 4.79 Å². The Morgan fingerprint density at radius 2 is 1.85 bits per heavy atom. The molecule has 4 amide bonds. The number of aliphatic imine (C=N–C) groups is 1. The van der Waals surface area contributed by atoms with Gasteiger partial charge in [-0.25, -0.2) is 4.79 Å². The maximum atomic E-state index is 12.4. The van der Waals surface area contributed by atoms with Crippen LogP contribution in [0.25, 0.3) is 0 Å². The number of urea groups is 1. The number of hydrogen-bond acceptors (Lipinski definition) is 4. The van der Waals surface area contributed by atoms with Gasteiger partial charge in [0.1, 0.15) is 6.04 Å². The van der Waals surface area contributed by atoms with Crippen LogP contribution in [-0.2, 0) is 4.79 Å². The van der Waals surface area contributed by atoms with Crippen molar-refractivity contribution in [1.82, 2.24) is 20.5 Å². The Bertz CT molecular complexity index is 698. The molecule has 1 fully saturated rings. The van der Waals surface area contributed by atoms with Crippen LogP contribution in [0.2, 0.25) is 0 Å². The molecule has 27 heavy (non-hydrogen) atoms. The quantitative estimate of drug-likeness (QED) is 0.520. The van der Waals surface area contributed by atoms with Crippen LogP contribution in [0.5, 0.6) is 0 Å². The molecule has 4 N–H and O–H groups in total. The highest BCUT2D eigenvalue weighted by Gasteiger charge is 2.23. The number of pyridine rings is 1. The minimum Gasteiger partial charge on any atom is -0.368 e. The normalized spacial score (nSPS) is 15.5. The highest BCUT2D eigenvalue weighted by Crippen LogP contribution is 2.09. The van der Waals surface area contributed by atoms with E-state index < -0.39 is 18.0 Å². The first kappa shape index (κ1) is 20.3. The van der Waals surface area contributed by atoms with Gasteiger partial charge in [0.25, 0.3) is 5.91 Å². The Hall–Kier alpha value is -2.97. The van der Waals surface area contributed by atoms with Gasteiger partial charge in [0.05, 0.1) is 0 Å². The highest BCUT2D eigenvalue weighted by atomic mass is 16.2. The Morgan fingerprint density at radius 1 is 1.22 bits per heavy atom. The molecule has 0 radical (unpaired) electrons. The van der Waals surface area contributed by atoms with Crippen molar-refractivity contribution < 1.29 is 14.4 Å². The van der Waals surface area contributed by atoms with E-state index in [1.807, 2.05) is 18.7 Å². The highest BCUT2D eigenvalue weighted by molar-refractivity contribution is 6.08. The first-order chi connectivity index (χ1) is 12.9. The smallest absolute Gasteiger partial charge is 0.344 e. The number of carbonyl (C=O) groups is 3. The molecular weight excluding hydrogens is 348 g/mol. The number of nitrogens with one attached hydrogen (secondary N) is 2. The number of nitrogens with zero attached hydrogens (tertiary/aromatic N) is 3. The molecule has 9 nitrogen and oxygen atoms in total. The zero-order chi connectivity index (χ0) is 19.8. The zero-order valence-electron chi connectivity index (χ0n) is 15.6. The largest absolute Gasteiger partial charge is 0.368 e. The molecule has 1 aromatic rings. The Kier molecular flexibility index (Phi) is 7.27. The summed E-state index contributed by atoms with van der Waals surface area (Å²) in [6.45, 7) is 5.23. The van der Waals surface area contributed by atoms with Crippen LogP contribution in [0.1, 0.15) is 43.5 Å². The fraction of sp³-hybridized carbons (Fsp3) is 0.500. The summed E-state index contributed by atoms with van der Waals surface area (Å²) in [4.78, 5) is 46.0. The summed E-state index contributed by atoms with van der Waals surface area (Å²) >= 11 is 0. The maximum Gasteiger partial charge on any atom is 0.344 e. The number of aromatic nitrogens is 1. The molecule has 0 unspecified atom stereocenters. The number of carbonyl (C=O) groups excluding carboxylic acids is 3. The fourth-order valence-corrected chi connectivity index (χ4v) is 2.78. The average Bonchev–Trinajstić information content (AvgIpc) is 3.15. The summed E-state index contributed by atoms with van der Waals surface area (Å²) in [5.41, 5.74) is 5.76. The fourth-order valence-electron chi connectivity index (χ4n) is 2.78. The van der Waals surface area contributed by atoms with Gasteiger partial charge in [-0.3, -0.25) is 19.9 Å². The van der Waals surface area contributed by atoms with E-state index in [1.165, 1.54) is 12.4 Å². The molecule has 146 valence electrons. The molecular formula is C18H26N6O3. The zero-order valence-corrected chi connectivity index (χ0v) is 15.6. The number of hydrogen-bond donors (Lipinski definition) is 3. The van der Waals surface area contributed by atoms with E-state index in [0.29, 0.717) is 25.1 Å². The predicted octanol–water partition coefficient (Wildman–Crippen LogP) is 0.873. The maximum absolute atomic E-state index is 12.4. The second-order valence-electron chi connectivity index (χ2n) is 6.85. The van der Waals surface area contributed by atoms with E-state index in [2.05, 4.69) is 20.6 Å². The molecule has 0 saturated carbocycles. The molecule has 1 atom stereocenters. The van der Waals surface area contributed by atoms with Crippen LogP contribution in [0.15, 0.2) is 29.5 Å². The van der Waals surface area contributed by atoms with Gasteiger partial charge in [0.2, 0.25) is 11.9 Å². The lowest BCUT2D eigenvalue weighted by molar-refractivity contribution is -0.120. The lowest BCUT2D eigenvalue weighted by Gasteiger charge is -2.21. The second kappa shape index (κ2) is 9.65. The summed E-state index contributed by atoms with van der Waals surface area (Å²) in [5.74, 6) is -0.656. The van der Waals surface area contributed by atoms with Crippen molar-refractivity contribution in [2.45, 2.75) is 39.2 Å². The number of likely N-dealkylation sites (tertiary alicyclic amines) is 1.